The van der Waals surface area contributed by atoms with Gasteiger partial charge in [-0.2, -0.15) is 0 Å². The molecule has 1 aromatic carbocycles. The van der Waals surface area contributed by atoms with Gasteiger partial charge in [0.05, 0.1) is 0 Å². The molecule has 2 fully saturated rings. The molecule has 318 valence electrons. The second-order valence-corrected chi connectivity index (χ2v) is 16.6. The topological polar surface area (TPSA) is 259 Å². The Labute approximate surface area is 338 Å². The van der Waals surface area contributed by atoms with E-state index in [2.05, 4.69) is 21.3 Å². The van der Waals surface area contributed by atoms with Gasteiger partial charge in [-0.1, -0.05) is 45.2 Å². The van der Waals surface area contributed by atoms with E-state index in [4.69, 9.17) is 22.6 Å². The average Bonchev–Trinajstić information content (AvgIpc) is 3.64. The van der Waals surface area contributed by atoms with Crippen LogP contribution in [0.1, 0.15) is 111 Å². The van der Waals surface area contributed by atoms with E-state index in [0.717, 1.165) is 24.8 Å². The number of carbonyl (C=O) groups is 6. The van der Waals surface area contributed by atoms with E-state index >= 15 is 0 Å². The van der Waals surface area contributed by atoms with Crippen LogP contribution in [0.15, 0.2) is 24.3 Å². The number of anilines is 1. The Morgan fingerprint density at radius 2 is 1.42 bits per heavy atom. The SMILES string of the molecule is CC(C)C[C@H](NC(=O)C(CCCNC(=N)N)NC(=O)[C@@H](NC(=O)C(Cc1ccc(N)cc1)C(=O)N(C(C)C)C(C)C)C1CCCCC1)C(=O)N1CCC[C@H]1C(N)=O. The molecule has 1 aliphatic carbocycles. The van der Waals surface area contributed by atoms with Crippen molar-refractivity contribution in [1.29, 1.82) is 5.41 Å². The highest BCUT2D eigenvalue weighted by molar-refractivity contribution is 6.03. The zero-order chi connectivity index (χ0) is 42.4. The normalized spacial score (nSPS) is 18.1. The van der Waals surface area contributed by atoms with Crippen molar-refractivity contribution in [3.05, 3.63) is 29.8 Å². The lowest BCUT2D eigenvalue weighted by molar-refractivity contribution is -0.146. The average molecular weight is 797 g/mol. The Hall–Kier alpha value is -4.89. The number of primary amides is 1. The van der Waals surface area contributed by atoms with Gasteiger partial charge in [-0.25, -0.2) is 0 Å². The van der Waals surface area contributed by atoms with Gasteiger partial charge in [0, 0.05) is 30.9 Å². The van der Waals surface area contributed by atoms with Crippen LogP contribution in [-0.4, -0.2) is 101 Å². The van der Waals surface area contributed by atoms with Crippen molar-refractivity contribution in [2.75, 3.05) is 18.8 Å². The molecule has 1 saturated carbocycles. The van der Waals surface area contributed by atoms with Gasteiger partial charge in [0.1, 0.15) is 30.1 Å². The molecule has 0 radical (unpaired) electrons. The number of rotatable bonds is 20. The smallest absolute Gasteiger partial charge is 0.245 e. The summed E-state index contributed by atoms with van der Waals surface area (Å²) in [5, 5.41) is 19.0. The number of amides is 6. The van der Waals surface area contributed by atoms with Crippen molar-refractivity contribution in [3.8, 4) is 0 Å². The molecule has 1 heterocycles. The molecule has 16 heteroatoms. The largest absolute Gasteiger partial charge is 0.399 e. The van der Waals surface area contributed by atoms with Gasteiger partial charge in [-0.05, 0) is 109 Å². The lowest BCUT2D eigenvalue weighted by Gasteiger charge is -2.35. The first-order chi connectivity index (χ1) is 26.9. The van der Waals surface area contributed by atoms with E-state index < -0.39 is 59.6 Å². The fraction of sp³-hybridized carbons (Fsp3) is 0.683. The van der Waals surface area contributed by atoms with E-state index in [9.17, 15) is 28.8 Å². The van der Waals surface area contributed by atoms with Gasteiger partial charge in [-0.3, -0.25) is 34.2 Å². The maximum absolute atomic E-state index is 14.5. The van der Waals surface area contributed by atoms with Crippen molar-refractivity contribution in [2.45, 2.75) is 148 Å². The molecular weight excluding hydrogens is 729 g/mol. The highest BCUT2D eigenvalue weighted by Crippen LogP contribution is 2.28. The maximum atomic E-state index is 14.5. The lowest BCUT2D eigenvalue weighted by atomic mass is 9.83. The molecule has 1 saturated heterocycles. The molecule has 5 atom stereocenters. The minimum absolute atomic E-state index is 0.00111. The molecule has 16 nitrogen and oxygen atoms in total. The molecule has 1 aromatic rings. The molecule has 0 bridgehead atoms. The second kappa shape index (κ2) is 22.2. The van der Waals surface area contributed by atoms with E-state index in [1.54, 1.807) is 29.2 Å². The predicted molar refractivity (Wildman–Crippen MR) is 220 cm³/mol. The fourth-order valence-corrected chi connectivity index (χ4v) is 8.14. The van der Waals surface area contributed by atoms with Crippen LogP contribution >= 0.6 is 0 Å². The molecular formula is C41H68N10O6. The summed E-state index contributed by atoms with van der Waals surface area (Å²) in [6.45, 7) is 12.0. The molecule has 0 spiro atoms. The molecule has 57 heavy (non-hydrogen) atoms. The van der Waals surface area contributed by atoms with Gasteiger partial charge < -0.3 is 48.3 Å². The first-order valence-electron chi connectivity index (χ1n) is 20.7. The maximum Gasteiger partial charge on any atom is 0.245 e. The third-order valence-corrected chi connectivity index (χ3v) is 10.9. The summed E-state index contributed by atoms with van der Waals surface area (Å²) in [5.74, 6) is -4.77. The summed E-state index contributed by atoms with van der Waals surface area (Å²) in [5.41, 5.74) is 18.3. The molecule has 1 aliphatic heterocycles. The van der Waals surface area contributed by atoms with Crippen LogP contribution in [0, 0.1) is 23.2 Å². The Bertz CT molecular complexity index is 1540. The summed E-state index contributed by atoms with van der Waals surface area (Å²) in [7, 11) is 0. The summed E-state index contributed by atoms with van der Waals surface area (Å²) < 4.78 is 0. The third-order valence-electron chi connectivity index (χ3n) is 10.9. The number of hydrogen-bond acceptors (Lipinski definition) is 8. The van der Waals surface area contributed by atoms with Gasteiger partial charge in [0.25, 0.3) is 0 Å². The highest BCUT2D eigenvalue weighted by Gasteiger charge is 2.40. The number of guanidine groups is 1. The number of nitrogen functional groups attached to an aromatic ring is 1. The summed E-state index contributed by atoms with van der Waals surface area (Å²) in [6, 6.07) is 2.69. The Kier molecular flexibility index (Phi) is 18.1. The molecule has 0 aromatic heterocycles. The Morgan fingerprint density at radius 3 is 1.98 bits per heavy atom. The number of nitrogens with one attached hydrogen (secondary N) is 5. The molecule has 11 N–H and O–H groups in total. The summed E-state index contributed by atoms with van der Waals surface area (Å²) in [6.07, 6.45) is 5.91. The molecule has 6 amide bonds. The number of nitrogens with zero attached hydrogens (tertiary/aromatic N) is 2. The summed E-state index contributed by atoms with van der Waals surface area (Å²) in [4.78, 5) is 86.4. The standard InChI is InChI=1S/C41H68N10O6/c1-24(2)22-32(40(57)50-21-11-15-33(50)35(43)52)48-37(54)31(14-10-20-46-41(44)45)47-38(55)34(28-12-8-7-9-13-28)49-36(53)30(23-27-16-18-29(42)19-17-27)39(56)51(25(3)4)26(5)6/h16-19,24-26,28,30-34H,7-15,20-23,42H2,1-6H3,(H2,43,52)(H,47,55)(H,48,54)(H,49,53)(H4,44,45,46)/t30?,31?,32-,33-,34-/m0/s1. The number of nitrogens with two attached hydrogens (primary N) is 3. The van der Waals surface area contributed by atoms with E-state index in [1.807, 2.05) is 41.5 Å². The third kappa shape index (κ3) is 13.9. The van der Waals surface area contributed by atoms with Crippen LogP contribution in [0.2, 0.25) is 0 Å². The van der Waals surface area contributed by atoms with Crippen molar-refractivity contribution >= 4 is 47.1 Å². The molecule has 3 rings (SSSR count). The fourth-order valence-electron chi connectivity index (χ4n) is 8.14. The zero-order valence-electron chi connectivity index (χ0n) is 34.8. The van der Waals surface area contributed by atoms with Gasteiger partial charge >= 0.3 is 0 Å². The Balaban J connectivity index is 1.95. The van der Waals surface area contributed by atoms with Crippen molar-refractivity contribution in [2.24, 2.45) is 29.2 Å². The number of benzene rings is 1. The van der Waals surface area contributed by atoms with E-state index in [1.165, 1.54) is 4.90 Å². The van der Waals surface area contributed by atoms with E-state index in [-0.39, 0.29) is 61.6 Å². The van der Waals surface area contributed by atoms with Crippen LogP contribution in [0.3, 0.4) is 0 Å². The number of hydrogen-bond donors (Lipinski definition) is 8. The zero-order valence-corrected chi connectivity index (χ0v) is 34.8. The van der Waals surface area contributed by atoms with Crippen LogP contribution in [-0.2, 0) is 35.2 Å². The predicted octanol–water partition coefficient (Wildman–Crippen LogP) is 1.89. The van der Waals surface area contributed by atoms with Gasteiger partial charge in [0.15, 0.2) is 5.96 Å². The van der Waals surface area contributed by atoms with Crippen LogP contribution in [0.25, 0.3) is 0 Å². The number of carbonyl (C=O) groups excluding carboxylic acids is 6. The van der Waals surface area contributed by atoms with Crippen molar-refractivity contribution < 1.29 is 28.8 Å². The molecule has 2 unspecified atom stereocenters. The number of likely N-dealkylation sites (tertiary alicyclic amines) is 1. The summed E-state index contributed by atoms with van der Waals surface area (Å²) >= 11 is 0. The lowest BCUT2D eigenvalue weighted by Crippen LogP contribution is -2.60. The first-order valence-corrected chi connectivity index (χ1v) is 20.7. The Morgan fingerprint density at radius 1 is 0.807 bits per heavy atom. The van der Waals surface area contributed by atoms with E-state index in [0.29, 0.717) is 44.3 Å². The van der Waals surface area contributed by atoms with Crippen molar-refractivity contribution in [3.63, 3.8) is 0 Å². The van der Waals surface area contributed by atoms with Crippen LogP contribution < -0.4 is 38.5 Å². The second-order valence-electron chi connectivity index (χ2n) is 16.6. The molecule has 2 aliphatic rings. The van der Waals surface area contributed by atoms with Gasteiger partial charge in [-0.15, -0.1) is 0 Å². The van der Waals surface area contributed by atoms with Crippen LogP contribution in [0.5, 0.6) is 0 Å². The minimum Gasteiger partial charge on any atom is -0.399 e. The highest BCUT2D eigenvalue weighted by atomic mass is 16.2. The van der Waals surface area contributed by atoms with Crippen molar-refractivity contribution in [1.82, 2.24) is 31.1 Å². The quantitative estimate of drug-likeness (QED) is 0.0315. The monoisotopic (exact) mass is 797 g/mol. The first kappa shape index (κ1) is 46.5. The minimum atomic E-state index is -1.15. The van der Waals surface area contributed by atoms with Gasteiger partial charge in [0.2, 0.25) is 35.4 Å². The van der Waals surface area contributed by atoms with Crippen LogP contribution in [0.4, 0.5) is 5.69 Å².